The molecular weight excluding hydrogens is 745 g/mol. The molecule has 0 aromatic carbocycles. The van der Waals surface area contributed by atoms with Crippen LogP contribution in [0, 0.1) is 10.8 Å². The Morgan fingerprint density at radius 2 is 1.30 bits per heavy atom. The first-order chi connectivity index (χ1) is 28.3. The summed E-state index contributed by atoms with van der Waals surface area (Å²) in [4.78, 5) is 26.4. The summed E-state index contributed by atoms with van der Waals surface area (Å²) in [6, 6.07) is 0. The largest absolute Gasteiger partial charge is 0.458 e. The highest BCUT2D eigenvalue weighted by molar-refractivity contribution is 5.98. The second-order valence-electron chi connectivity index (χ2n) is 18.6. The van der Waals surface area contributed by atoms with Gasteiger partial charge in [-0.1, -0.05) is 193 Å². The molecule has 0 heterocycles. The van der Waals surface area contributed by atoms with Crippen molar-refractivity contribution in [2.24, 2.45) is 10.8 Å². The number of ketones is 1. The van der Waals surface area contributed by atoms with Gasteiger partial charge < -0.3 is 20.1 Å². The van der Waals surface area contributed by atoms with Crippen LogP contribution in [0.25, 0.3) is 0 Å². The van der Waals surface area contributed by atoms with Crippen molar-refractivity contribution in [2.45, 2.75) is 177 Å². The molecule has 2 rings (SSSR count). The Kier molecular flexibility index (Phi) is 23.1. The lowest BCUT2D eigenvalue weighted by Crippen LogP contribution is -2.48. The molecule has 0 radical (unpaired) electrons. The zero-order chi connectivity index (χ0) is 44.8. The van der Waals surface area contributed by atoms with Crippen LogP contribution >= 0.6 is 0 Å². The Morgan fingerprint density at radius 3 is 1.88 bits per heavy atom. The van der Waals surface area contributed by atoms with E-state index in [-0.39, 0.29) is 24.2 Å². The molecule has 0 spiro atoms. The highest BCUT2D eigenvalue weighted by atomic mass is 16.5. The summed E-state index contributed by atoms with van der Waals surface area (Å²) < 4.78 is 5.59. The predicted molar refractivity (Wildman–Crippen MR) is 252 cm³/mol. The van der Waals surface area contributed by atoms with Crippen molar-refractivity contribution in [1.29, 1.82) is 0 Å². The van der Waals surface area contributed by atoms with E-state index < -0.39 is 29.2 Å². The van der Waals surface area contributed by atoms with Gasteiger partial charge >= 0.3 is 5.97 Å². The number of hydrogen-bond acceptors (Lipinski definition) is 6. The fourth-order valence-electron chi connectivity index (χ4n) is 8.22. The Labute approximate surface area is 364 Å². The van der Waals surface area contributed by atoms with Crippen LogP contribution in [0.4, 0.5) is 0 Å². The summed E-state index contributed by atoms with van der Waals surface area (Å²) in [6.07, 6.45) is 41.4. The van der Waals surface area contributed by atoms with Crippen LogP contribution in [0.1, 0.15) is 159 Å². The van der Waals surface area contributed by atoms with E-state index in [2.05, 4.69) is 20.8 Å². The molecule has 0 amide bonds. The van der Waals surface area contributed by atoms with Crippen LogP contribution in [0.3, 0.4) is 0 Å². The highest BCUT2D eigenvalue weighted by Gasteiger charge is 2.46. The first-order valence-electron chi connectivity index (χ1n) is 22.6. The van der Waals surface area contributed by atoms with Crippen molar-refractivity contribution in [3.63, 3.8) is 0 Å². The maximum Gasteiger partial charge on any atom is 0.330 e. The van der Waals surface area contributed by atoms with E-state index >= 15 is 0 Å². The van der Waals surface area contributed by atoms with Crippen molar-refractivity contribution in [3.05, 3.63) is 130 Å². The van der Waals surface area contributed by atoms with Gasteiger partial charge in [0, 0.05) is 23.5 Å². The van der Waals surface area contributed by atoms with Gasteiger partial charge in [0.05, 0.1) is 12.2 Å². The molecule has 3 N–H and O–H groups in total. The van der Waals surface area contributed by atoms with Gasteiger partial charge in [0.2, 0.25) is 0 Å². The summed E-state index contributed by atoms with van der Waals surface area (Å²) in [5.74, 6) is -0.527. The molecule has 2 aliphatic rings. The molecule has 332 valence electrons. The van der Waals surface area contributed by atoms with Crippen LogP contribution in [0.5, 0.6) is 0 Å². The van der Waals surface area contributed by atoms with Crippen molar-refractivity contribution in [1.82, 2.24) is 0 Å². The Balaban J connectivity index is 2.04. The second kappa shape index (κ2) is 26.5. The maximum atomic E-state index is 13.7. The van der Waals surface area contributed by atoms with E-state index in [9.17, 15) is 24.9 Å². The van der Waals surface area contributed by atoms with Gasteiger partial charge in [-0.05, 0) is 83.8 Å². The number of Topliss-reactive ketones (excluding diaryl/α,β-unsaturated/α-hetero) is 1. The van der Waals surface area contributed by atoms with Crippen molar-refractivity contribution in [2.75, 3.05) is 6.61 Å². The number of rotatable bonds is 24. The normalized spacial score (nSPS) is 23.2. The van der Waals surface area contributed by atoms with Gasteiger partial charge in [0.1, 0.15) is 12.2 Å². The number of allylic oxidation sites excluding steroid dienone is 16. The number of unbranched alkanes of at least 4 members (excludes halogenated alkanes) is 9. The van der Waals surface area contributed by atoms with Crippen LogP contribution < -0.4 is 0 Å². The third-order valence-electron chi connectivity index (χ3n) is 12.0. The average Bonchev–Trinajstić information content (AvgIpc) is 3.16. The van der Waals surface area contributed by atoms with Crippen LogP contribution in [-0.2, 0) is 14.3 Å². The molecule has 3 unspecified atom stereocenters. The SMILES string of the molecule is CCCCCCCCCCCC=CC(=O)OCC(=CC=CC(C)=CC=CC=C(C)C=CC=C(C)C=CC1(O)C(C)=CC(O)CC1(C)C)C(=O)CC1=C(C)CC(O)CC1(C)C. The lowest BCUT2D eigenvalue weighted by Gasteiger charge is -2.46. The molecule has 2 aliphatic carbocycles. The zero-order valence-electron chi connectivity index (χ0n) is 39.0. The topological polar surface area (TPSA) is 104 Å². The summed E-state index contributed by atoms with van der Waals surface area (Å²) in [7, 11) is 0. The Bertz CT molecular complexity index is 1750. The molecule has 0 fully saturated rings. The van der Waals surface area contributed by atoms with Crippen molar-refractivity contribution < 1.29 is 29.6 Å². The van der Waals surface area contributed by atoms with E-state index in [1.54, 1.807) is 12.2 Å². The number of esters is 1. The standard InChI is InChI=1S/C54H80O6/c1-11-12-13-14-15-16-17-18-19-20-21-32-51(58)60-40-46(50(57)37-49-44(5)35-47(55)38-52(49,7)8)31-25-30-42(3)27-23-22-26-41(2)28-24-29-43(4)33-34-54(59)45(6)36-48(56)39-53(54,9)10/h21-34,36,47-48,55-56,59H,11-20,35,37-40H2,1-10H3. The fraction of sp³-hybridized carbons (Fsp3) is 0.556. The van der Waals surface area contributed by atoms with Crippen LogP contribution in [0.15, 0.2) is 130 Å². The first-order valence-corrected chi connectivity index (χ1v) is 22.6. The minimum atomic E-state index is -1.12. The lowest BCUT2D eigenvalue weighted by molar-refractivity contribution is -0.137. The number of aliphatic hydroxyl groups is 3. The number of hydrogen-bond donors (Lipinski definition) is 3. The molecule has 0 aliphatic heterocycles. The summed E-state index contributed by atoms with van der Waals surface area (Å²) in [5, 5.41) is 31.9. The molecular formula is C54H80O6. The zero-order valence-corrected chi connectivity index (χ0v) is 39.0. The van der Waals surface area contributed by atoms with Gasteiger partial charge in [0.25, 0.3) is 0 Å². The van der Waals surface area contributed by atoms with Crippen molar-refractivity contribution in [3.8, 4) is 0 Å². The average molecular weight is 825 g/mol. The maximum absolute atomic E-state index is 13.7. The summed E-state index contributed by atoms with van der Waals surface area (Å²) >= 11 is 0. The van der Waals surface area contributed by atoms with E-state index in [0.29, 0.717) is 24.8 Å². The van der Waals surface area contributed by atoms with Crippen LogP contribution in [-0.4, -0.2) is 51.5 Å². The third kappa shape index (κ3) is 18.8. The molecule has 60 heavy (non-hydrogen) atoms. The fourth-order valence-corrected chi connectivity index (χ4v) is 8.22. The summed E-state index contributed by atoms with van der Waals surface area (Å²) in [6.45, 7) is 20.1. The Morgan fingerprint density at radius 1 is 0.750 bits per heavy atom. The third-order valence-corrected chi connectivity index (χ3v) is 12.0. The smallest absolute Gasteiger partial charge is 0.330 e. The molecule has 3 atom stereocenters. The molecule has 0 aromatic heterocycles. The number of carbonyl (C=O) groups is 2. The highest BCUT2D eigenvalue weighted by Crippen LogP contribution is 2.45. The summed E-state index contributed by atoms with van der Waals surface area (Å²) in [5.41, 5.74) is 4.46. The molecule has 0 aromatic rings. The van der Waals surface area contributed by atoms with Gasteiger partial charge in [-0.25, -0.2) is 4.79 Å². The van der Waals surface area contributed by atoms with Gasteiger partial charge in [-0.2, -0.15) is 0 Å². The van der Waals surface area contributed by atoms with E-state index in [0.717, 1.165) is 52.7 Å². The van der Waals surface area contributed by atoms with Gasteiger partial charge in [-0.3, -0.25) is 4.79 Å². The second-order valence-corrected chi connectivity index (χ2v) is 18.6. The van der Waals surface area contributed by atoms with E-state index in [1.807, 2.05) is 121 Å². The quantitative estimate of drug-likeness (QED) is 0.0294. The molecule has 6 heteroatoms. The first kappa shape index (κ1) is 52.3. The van der Waals surface area contributed by atoms with Crippen molar-refractivity contribution >= 4 is 11.8 Å². The minimum absolute atomic E-state index is 0.0836. The van der Waals surface area contributed by atoms with Crippen LogP contribution in [0.2, 0.25) is 0 Å². The lowest BCUT2D eigenvalue weighted by atomic mass is 9.64. The van der Waals surface area contributed by atoms with Gasteiger partial charge in [0.15, 0.2) is 5.78 Å². The monoisotopic (exact) mass is 825 g/mol. The number of aliphatic hydroxyl groups excluding tert-OH is 2. The molecule has 0 bridgehead atoms. The number of ether oxygens (including phenoxy) is 1. The molecule has 6 nitrogen and oxygen atoms in total. The van der Waals surface area contributed by atoms with E-state index in [1.165, 1.54) is 51.0 Å². The van der Waals surface area contributed by atoms with E-state index in [4.69, 9.17) is 4.74 Å². The minimum Gasteiger partial charge on any atom is -0.458 e. The van der Waals surface area contributed by atoms with Gasteiger partial charge in [-0.15, -0.1) is 0 Å². The Hall–Kier alpha value is -3.84. The molecule has 0 saturated carbocycles. The molecule has 0 saturated heterocycles. The number of carbonyl (C=O) groups excluding carboxylic acids is 2. The predicted octanol–water partition coefficient (Wildman–Crippen LogP) is 12.9.